The molecule has 0 heterocycles. The van der Waals surface area contributed by atoms with Gasteiger partial charge in [0.1, 0.15) is 79.7 Å². The van der Waals surface area contributed by atoms with Crippen molar-refractivity contribution in [1.29, 1.82) is 0 Å². The first-order valence-electron chi connectivity index (χ1n) is 50.6. The Morgan fingerprint density at radius 1 is 0.201 bits per heavy atom. The Labute approximate surface area is 841 Å². The van der Waals surface area contributed by atoms with E-state index in [0.717, 1.165) is 11.1 Å². The number of amides is 12. The van der Waals surface area contributed by atoms with E-state index in [2.05, 4.69) is 63.8 Å². The van der Waals surface area contributed by atoms with Crippen LogP contribution < -0.4 is 63.8 Å². The first-order chi connectivity index (χ1) is 68.9. The van der Waals surface area contributed by atoms with Gasteiger partial charge in [0, 0.05) is 162 Å². The summed E-state index contributed by atoms with van der Waals surface area (Å²) in [5.74, 6) is -7.47. The minimum atomic E-state index is -1.64. The van der Waals surface area contributed by atoms with Gasteiger partial charge in [-0.05, 0) is 165 Å². The summed E-state index contributed by atoms with van der Waals surface area (Å²) in [5.41, 5.74) is -17.1. The molecule has 0 radical (unpaired) electrons. The van der Waals surface area contributed by atoms with Crippen LogP contribution in [0.5, 0.6) is 0 Å². The lowest BCUT2D eigenvalue weighted by molar-refractivity contribution is -0.153. The average molecular weight is 2030 g/mol. The van der Waals surface area contributed by atoms with Gasteiger partial charge in [0.15, 0.2) is 0 Å². The summed E-state index contributed by atoms with van der Waals surface area (Å²) in [7, 11) is 20.9. The molecule has 144 heavy (non-hydrogen) atoms. The SMILES string of the molecule is COC(=O)[C@@]1(NC(=O)[C@@]2(NC(=O)[C@@]3(NC(=O)[C@@]4(NC(=O)[C@@]5(NC(=O)[C@@]6(NC(=O)OCc7ccccc7)CC[C@H](OC)C6)CC[C@H](OC)C5)CC[C@H](OC)C4)CC[C@H](OC)C3)CC[C@H](OC)C2)CC[C@H](OC)C1.COC(=O)[C@@]1(NC(=O)[C@@]2(NC(=O)[C@@]3(NC(=O)[C@@]4(NC(=O)[C@@]5(NC(=O)[C@@]6(NC(=O)OCc7ccccc7)CC[C@H](OC)C6)CC[C@H](OC)C5)CC[C@H](OC)C4)CC[C@H](OC)C3)CC[C@H](OC)C2)CC[C@H](OC)C1. The van der Waals surface area contributed by atoms with E-state index in [4.69, 9.17) is 75.8 Å². The Bertz CT molecular complexity index is 4600. The van der Waals surface area contributed by atoms with E-state index in [-0.39, 0.29) is 192 Å². The fourth-order valence-electron chi connectivity index (χ4n) is 24.6. The van der Waals surface area contributed by atoms with Crippen LogP contribution in [0.25, 0.3) is 0 Å². The van der Waals surface area contributed by atoms with Crippen molar-refractivity contribution in [2.75, 3.05) is 99.5 Å². The highest BCUT2D eigenvalue weighted by molar-refractivity contribution is 6.05. The minimum Gasteiger partial charge on any atom is -0.467 e. The van der Waals surface area contributed by atoms with Crippen LogP contribution in [-0.4, -0.2) is 322 Å². The average Bonchev–Trinajstić information content (AvgIpc) is 1.61. The van der Waals surface area contributed by atoms with Crippen LogP contribution >= 0.6 is 0 Å². The maximum Gasteiger partial charge on any atom is 0.408 e. The van der Waals surface area contributed by atoms with Crippen LogP contribution in [0.1, 0.15) is 242 Å². The van der Waals surface area contributed by atoms with Crippen LogP contribution in [0, 0.1) is 0 Å². The third kappa shape index (κ3) is 23.9. The standard InChI is InChI=1S/2C51H76N6O15/c2*1-65-33-13-19-46(25-33,53-41(60)48(21-15-35(27-48)67-3)55-43(62)50(23-17-37(29-50)69-5)57-45(64)72-31-32-11-9-8-10-12-32)39(58)52-47(20-14-34(26-47)66-2)40(59)54-49(22-16-36(28-49)68-4)42(61)56-51(44(63)71-7)24-18-38(30-51)70-6/h2*8-12,33-38H,13-31H2,1-7H3,(H,52,58)(H,53,60)(H,54,59)(H,55,62)(H,56,61)(H,57,64)/t2*33-,34-,35-,36-,37-,38-,46+,47+,48+,49+,50+,51+/m00/s1. The molecule has 12 N–H and O–H groups in total. The smallest absolute Gasteiger partial charge is 0.408 e. The van der Waals surface area contributed by atoms with Gasteiger partial charge in [-0.15, -0.1) is 0 Å². The Morgan fingerprint density at radius 2 is 0.333 bits per heavy atom. The van der Waals surface area contributed by atoms with Gasteiger partial charge < -0.3 is 140 Å². The number of hydrogen-bond donors (Lipinski definition) is 12. The van der Waals surface area contributed by atoms with Crippen LogP contribution in [0.2, 0.25) is 0 Å². The monoisotopic (exact) mass is 2030 g/mol. The van der Waals surface area contributed by atoms with Crippen LogP contribution in [0.3, 0.4) is 0 Å². The van der Waals surface area contributed by atoms with Crippen molar-refractivity contribution in [1.82, 2.24) is 63.8 Å². The third-order valence-electron chi connectivity index (χ3n) is 33.8. The molecular weight excluding hydrogens is 1870 g/mol. The first kappa shape index (κ1) is 111. The highest BCUT2D eigenvalue weighted by Crippen LogP contribution is 2.48. The van der Waals surface area contributed by atoms with Gasteiger partial charge in [0.25, 0.3) is 0 Å². The van der Waals surface area contributed by atoms with Crippen molar-refractivity contribution in [3.8, 4) is 0 Å². The molecule has 0 aliphatic heterocycles. The molecule has 2 aromatic carbocycles. The zero-order chi connectivity index (χ0) is 104. The molecule has 12 amide bonds. The van der Waals surface area contributed by atoms with Gasteiger partial charge in [-0.2, -0.15) is 0 Å². The van der Waals surface area contributed by atoms with Gasteiger partial charge >= 0.3 is 24.1 Å². The second-order valence-electron chi connectivity index (χ2n) is 42.1. The molecule has 12 saturated carbocycles. The van der Waals surface area contributed by atoms with Crippen LogP contribution in [-0.2, 0) is 147 Å². The Hall–Kier alpha value is -9.86. The molecule has 0 unspecified atom stereocenters. The lowest BCUT2D eigenvalue weighted by Gasteiger charge is -2.41. The molecule has 0 bridgehead atoms. The highest BCUT2D eigenvalue weighted by atomic mass is 16.6. The molecule has 14 rings (SSSR count). The van der Waals surface area contributed by atoms with Gasteiger partial charge in [0.05, 0.1) is 87.5 Å². The number of nitrogens with one attached hydrogen (secondary N) is 12. The zero-order valence-corrected chi connectivity index (χ0v) is 85.8. The van der Waals surface area contributed by atoms with E-state index in [0.29, 0.717) is 77.0 Å². The molecule has 12 aliphatic carbocycles. The summed E-state index contributed by atoms with van der Waals surface area (Å²) in [6, 6.07) is 18.3. The second-order valence-corrected chi connectivity index (χ2v) is 42.1. The van der Waals surface area contributed by atoms with Gasteiger partial charge in [0.2, 0.25) is 59.1 Å². The van der Waals surface area contributed by atoms with Crippen molar-refractivity contribution in [3.05, 3.63) is 71.8 Å². The second kappa shape index (κ2) is 47.1. The number of ether oxygens (including phenoxy) is 16. The van der Waals surface area contributed by atoms with Crippen molar-refractivity contribution in [2.45, 2.75) is 384 Å². The predicted molar refractivity (Wildman–Crippen MR) is 514 cm³/mol. The van der Waals surface area contributed by atoms with Crippen molar-refractivity contribution < 1.29 is 143 Å². The summed E-state index contributed by atoms with van der Waals surface area (Å²) in [4.78, 5) is 204. The Morgan fingerprint density at radius 3 is 0.472 bits per heavy atom. The molecule has 0 aromatic heterocycles. The summed E-state index contributed by atoms with van der Waals surface area (Å²) in [6.07, 6.45) is 1.83. The van der Waals surface area contributed by atoms with Gasteiger partial charge in [-0.1, -0.05) is 60.7 Å². The summed E-state index contributed by atoms with van der Waals surface area (Å²) in [6.45, 7) is -0.0566. The lowest BCUT2D eigenvalue weighted by Crippen LogP contribution is -2.72. The quantitative estimate of drug-likeness (QED) is 0.0321. The molecule has 24 atom stereocenters. The van der Waals surface area contributed by atoms with E-state index in [1.807, 2.05) is 60.7 Å². The molecule has 0 saturated heterocycles. The molecule has 800 valence electrons. The van der Waals surface area contributed by atoms with E-state index >= 15 is 28.8 Å². The normalized spacial score (nSPS) is 36.1. The number of carbonyl (C=O) groups excluding carboxylic acids is 14. The van der Waals surface area contributed by atoms with E-state index in [1.54, 1.807) is 14.2 Å². The zero-order valence-electron chi connectivity index (χ0n) is 85.8. The fourth-order valence-corrected chi connectivity index (χ4v) is 24.6. The number of methoxy groups -OCH3 is 14. The number of hydrogen-bond acceptors (Lipinski definition) is 30. The summed E-state index contributed by atoms with van der Waals surface area (Å²) < 4.78 is 89.9. The van der Waals surface area contributed by atoms with Crippen molar-refractivity contribution >= 4 is 83.2 Å². The number of esters is 2. The lowest BCUT2D eigenvalue weighted by atomic mass is 9.86. The highest BCUT2D eigenvalue weighted by Gasteiger charge is 2.65. The van der Waals surface area contributed by atoms with Crippen molar-refractivity contribution in [2.24, 2.45) is 0 Å². The molecule has 12 aliphatic rings. The topological polar surface area (TPSA) is 531 Å². The molecule has 12 fully saturated rings. The maximum atomic E-state index is 15.3. The maximum absolute atomic E-state index is 15.3. The number of carbonyl (C=O) groups is 14. The van der Waals surface area contributed by atoms with Gasteiger partial charge in [-0.25, -0.2) is 19.2 Å². The van der Waals surface area contributed by atoms with Gasteiger partial charge in [-0.3, -0.25) is 47.9 Å². The van der Waals surface area contributed by atoms with Crippen LogP contribution in [0.4, 0.5) is 9.59 Å². The number of alkyl carbamates (subject to hydrolysis) is 2. The van der Waals surface area contributed by atoms with Crippen LogP contribution in [0.15, 0.2) is 60.7 Å². The predicted octanol–water partition coefficient (Wildman–Crippen LogP) is 4.59. The molecule has 42 heteroatoms. The third-order valence-corrected chi connectivity index (χ3v) is 33.8. The molecular formula is C102H152N12O30. The molecule has 0 spiro atoms. The molecule has 2 aromatic rings. The van der Waals surface area contributed by atoms with E-state index < -0.39 is 198 Å². The summed E-state index contributed by atoms with van der Waals surface area (Å²) in [5, 5.41) is 36.2. The Balaban J connectivity index is 0.000000241. The van der Waals surface area contributed by atoms with E-state index in [9.17, 15) is 38.4 Å². The number of benzene rings is 2. The minimum absolute atomic E-state index is 0.0283. The Kier molecular flexibility index (Phi) is 36.4. The van der Waals surface area contributed by atoms with E-state index in [1.165, 1.54) is 85.3 Å². The van der Waals surface area contributed by atoms with Crippen molar-refractivity contribution in [3.63, 3.8) is 0 Å². The number of rotatable bonds is 40. The first-order valence-corrected chi connectivity index (χ1v) is 50.6. The molecule has 42 nitrogen and oxygen atoms in total. The fraction of sp³-hybridized carbons (Fsp3) is 0.745. The largest absolute Gasteiger partial charge is 0.467 e. The summed E-state index contributed by atoms with van der Waals surface area (Å²) >= 11 is 0.